The van der Waals surface area contributed by atoms with Crippen molar-refractivity contribution < 1.29 is 10.0 Å². The molecule has 0 saturated heterocycles. The Morgan fingerprint density at radius 1 is 1.25 bits per heavy atom. The smallest absolute Gasteiger partial charge is 0.130 e. The van der Waals surface area contributed by atoms with Crippen molar-refractivity contribution in [2.24, 2.45) is 0 Å². The molecule has 0 saturated carbocycles. The van der Waals surface area contributed by atoms with E-state index in [4.69, 9.17) is 0 Å². The molecule has 2 heteroatoms. The molecule has 0 aliphatic heterocycles. The summed E-state index contributed by atoms with van der Waals surface area (Å²) in [7, 11) is 2.16. The summed E-state index contributed by atoms with van der Waals surface area (Å²) in [6.07, 6.45) is 2.07. The lowest BCUT2D eigenvalue weighted by Gasteiger charge is -2.26. The lowest BCUT2D eigenvalue weighted by atomic mass is 10.0. The third kappa shape index (κ3) is 3.62. The molecule has 0 heterocycles. The van der Waals surface area contributed by atoms with E-state index in [1.807, 2.05) is 30.3 Å². The number of quaternary nitrogens is 1. The minimum atomic E-state index is -0.363. The van der Waals surface area contributed by atoms with Gasteiger partial charge in [-0.15, -0.1) is 0 Å². The highest BCUT2D eigenvalue weighted by atomic mass is 16.3. The number of rotatable bonds is 6. The zero-order valence-corrected chi connectivity index (χ0v) is 10.6. The van der Waals surface area contributed by atoms with Gasteiger partial charge in [-0.25, -0.2) is 0 Å². The minimum absolute atomic E-state index is 0.244. The van der Waals surface area contributed by atoms with Gasteiger partial charge in [-0.05, 0) is 18.9 Å². The van der Waals surface area contributed by atoms with E-state index < -0.39 is 0 Å². The Morgan fingerprint density at radius 2 is 1.88 bits per heavy atom. The summed E-state index contributed by atoms with van der Waals surface area (Å²) in [6.45, 7) is 5.44. The van der Waals surface area contributed by atoms with E-state index >= 15 is 0 Å². The Morgan fingerprint density at radius 3 is 2.44 bits per heavy atom. The highest BCUT2D eigenvalue weighted by Gasteiger charge is 2.22. The SMILES string of the molecule is CCCC[NH+](C)[C@H](C)[C@H](O)c1ccccc1. The second-order valence-corrected chi connectivity index (χ2v) is 4.59. The molecule has 1 unspecified atom stereocenters. The molecule has 0 aromatic heterocycles. The molecule has 0 spiro atoms. The molecular formula is C14H24NO+. The summed E-state index contributed by atoms with van der Waals surface area (Å²) < 4.78 is 0. The zero-order chi connectivity index (χ0) is 12.0. The maximum atomic E-state index is 10.2. The van der Waals surface area contributed by atoms with E-state index in [1.54, 1.807) is 0 Å². The Balaban J connectivity index is 2.56. The predicted octanol–water partition coefficient (Wildman–Crippen LogP) is 1.42. The van der Waals surface area contributed by atoms with Crippen LogP contribution in [-0.2, 0) is 0 Å². The molecule has 1 rings (SSSR count). The lowest BCUT2D eigenvalue weighted by molar-refractivity contribution is -0.908. The number of hydrogen-bond donors (Lipinski definition) is 2. The van der Waals surface area contributed by atoms with Crippen LogP contribution in [0.4, 0.5) is 0 Å². The predicted molar refractivity (Wildman–Crippen MR) is 67.5 cm³/mol. The van der Waals surface area contributed by atoms with Crippen LogP contribution in [-0.4, -0.2) is 24.7 Å². The zero-order valence-electron chi connectivity index (χ0n) is 10.6. The summed E-state index contributed by atoms with van der Waals surface area (Å²) in [4.78, 5) is 1.40. The first-order valence-corrected chi connectivity index (χ1v) is 6.22. The van der Waals surface area contributed by atoms with Crippen molar-refractivity contribution in [2.75, 3.05) is 13.6 Å². The van der Waals surface area contributed by atoms with Crippen molar-refractivity contribution in [3.63, 3.8) is 0 Å². The minimum Gasteiger partial charge on any atom is -0.382 e. The molecule has 1 aromatic rings. The van der Waals surface area contributed by atoms with Crippen LogP contribution >= 0.6 is 0 Å². The van der Waals surface area contributed by atoms with Crippen molar-refractivity contribution in [1.82, 2.24) is 0 Å². The summed E-state index contributed by atoms with van der Waals surface area (Å²) in [5.74, 6) is 0. The van der Waals surface area contributed by atoms with Gasteiger partial charge in [0.05, 0.1) is 13.6 Å². The monoisotopic (exact) mass is 222 g/mol. The largest absolute Gasteiger partial charge is 0.382 e. The first-order valence-electron chi connectivity index (χ1n) is 6.22. The van der Waals surface area contributed by atoms with E-state index in [0.29, 0.717) is 0 Å². The average molecular weight is 222 g/mol. The number of aliphatic hydroxyl groups is 1. The number of benzene rings is 1. The quantitative estimate of drug-likeness (QED) is 0.747. The van der Waals surface area contributed by atoms with E-state index in [-0.39, 0.29) is 12.1 Å². The van der Waals surface area contributed by atoms with Crippen LogP contribution in [0.3, 0.4) is 0 Å². The highest BCUT2D eigenvalue weighted by molar-refractivity contribution is 5.17. The first kappa shape index (κ1) is 13.2. The van der Waals surface area contributed by atoms with Crippen LogP contribution in [0.15, 0.2) is 30.3 Å². The second kappa shape index (κ2) is 6.66. The molecule has 3 atom stereocenters. The Kier molecular flexibility index (Phi) is 5.50. The van der Waals surface area contributed by atoms with Crippen LogP contribution in [0.2, 0.25) is 0 Å². The van der Waals surface area contributed by atoms with Crippen LogP contribution in [0.25, 0.3) is 0 Å². The Hall–Kier alpha value is -0.860. The molecule has 0 radical (unpaired) electrons. The van der Waals surface area contributed by atoms with Gasteiger partial charge in [0.2, 0.25) is 0 Å². The fourth-order valence-corrected chi connectivity index (χ4v) is 1.89. The molecule has 1 aromatic carbocycles. The van der Waals surface area contributed by atoms with Gasteiger partial charge >= 0.3 is 0 Å². The third-order valence-corrected chi connectivity index (χ3v) is 3.32. The molecule has 0 amide bonds. The maximum absolute atomic E-state index is 10.2. The van der Waals surface area contributed by atoms with Gasteiger partial charge in [0, 0.05) is 0 Å². The molecule has 0 bridgehead atoms. The highest BCUT2D eigenvalue weighted by Crippen LogP contribution is 2.14. The van der Waals surface area contributed by atoms with Crippen molar-refractivity contribution in [2.45, 2.75) is 38.8 Å². The summed E-state index contributed by atoms with van der Waals surface area (Å²) in [6, 6.07) is 10.2. The summed E-state index contributed by atoms with van der Waals surface area (Å²) in [5.41, 5.74) is 1.02. The van der Waals surface area contributed by atoms with E-state index in [0.717, 1.165) is 12.1 Å². The van der Waals surface area contributed by atoms with Crippen LogP contribution in [0.5, 0.6) is 0 Å². The number of hydrogen-bond acceptors (Lipinski definition) is 1. The van der Waals surface area contributed by atoms with Crippen LogP contribution in [0.1, 0.15) is 38.4 Å². The average Bonchev–Trinajstić information content (AvgIpc) is 2.35. The third-order valence-electron chi connectivity index (χ3n) is 3.32. The van der Waals surface area contributed by atoms with Gasteiger partial charge < -0.3 is 10.0 Å². The fraction of sp³-hybridized carbons (Fsp3) is 0.571. The standard InChI is InChI=1S/C14H23NO/c1-4-5-11-15(3)12(2)14(16)13-9-7-6-8-10-13/h6-10,12,14,16H,4-5,11H2,1-3H3/p+1/t12-,14+/m1/s1. The van der Waals surface area contributed by atoms with E-state index in [9.17, 15) is 5.11 Å². The van der Waals surface area contributed by atoms with Gasteiger partial charge in [0.1, 0.15) is 12.1 Å². The van der Waals surface area contributed by atoms with Gasteiger partial charge in [-0.3, -0.25) is 0 Å². The molecule has 0 fully saturated rings. The van der Waals surface area contributed by atoms with Crippen LogP contribution in [0, 0.1) is 0 Å². The van der Waals surface area contributed by atoms with E-state index in [2.05, 4.69) is 20.9 Å². The fourth-order valence-electron chi connectivity index (χ4n) is 1.89. The lowest BCUT2D eigenvalue weighted by Crippen LogP contribution is -3.13. The maximum Gasteiger partial charge on any atom is 0.130 e. The second-order valence-electron chi connectivity index (χ2n) is 4.59. The topological polar surface area (TPSA) is 24.7 Å². The number of nitrogens with one attached hydrogen (secondary N) is 1. The molecular weight excluding hydrogens is 198 g/mol. The van der Waals surface area contributed by atoms with E-state index in [1.165, 1.54) is 17.7 Å². The normalized spacial score (nSPS) is 16.8. The molecule has 2 nitrogen and oxygen atoms in total. The number of aliphatic hydroxyl groups excluding tert-OH is 1. The molecule has 16 heavy (non-hydrogen) atoms. The summed E-state index contributed by atoms with van der Waals surface area (Å²) in [5, 5.41) is 10.2. The van der Waals surface area contributed by atoms with Gasteiger partial charge in [0.25, 0.3) is 0 Å². The van der Waals surface area contributed by atoms with Crippen molar-refractivity contribution >= 4 is 0 Å². The van der Waals surface area contributed by atoms with Gasteiger partial charge in [-0.2, -0.15) is 0 Å². The van der Waals surface area contributed by atoms with Gasteiger partial charge in [-0.1, -0.05) is 43.7 Å². The number of likely N-dealkylation sites (N-methyl/N-ethyl adjacent to an activating group) is 1. The van der Waals surface area contributed by atoms with Crippen LogP contribution < -0.4 is 4.90 Å². The van der Waals surface area contributed by atoms with Crippen molar-refractivity contribution in [3.8, 4) is 0 Å². The van der Waals surface area contributed by atoms with Crippen molar-refractivity contribution in [1.29, 1.82) is 0 Å². The van der Waals surface area contributed by atoms with Crippen molar-refractivity contribution in [3.05, 3.63) is 35.9 Å². The molecule has 0 aliphatic carbocycles. The molecule has 90 valence electrons. The molecule has 0 aliphatic rings. The summed E-state index contributed by atoms with van der Waals surface area (Å²) >= 11 is 0. The molecule has 2 N–H and O–H groups in total. The first-order chi connectivity index (χ1) is 7.66. The Bertz CT molecular complexity index is 286. The number of unbranched alkanes of at least 4 members (excludes halogenated alkanes) is 1. The Labute approximate surface area is 98.9 Å². The van der Waals surface area contributed by atoms with Gasteiger partial charge in [0.15, 0.2) is 0 Å².